The zero-order chi connectivity index (χ0) is 20.1. The molecule has 0 spiro atoms. The van der Waals surface area contributed by atoms with Crippen molar-refractivity contribution in [1.29, 1.82) is 0 Å². The van der Waals surface area contributed by atoms with Gasteiger partial charge in [0.05, 0.1) is 6.20 Å². The summed E-state index contributed by atoms with van der Waals surface area (Å²) in [6.07, 6.45) is 2.45. The second-order valence-corrected chi connectivity index (χ2v) is 8.39. The predicted octanol–water partition coefficient (Wildman–Crippen LogP) is 4.81. The normalized spacial score (nSPS) is 11.4. The first-order valence-corrected chi connectivity index (χ1v) is 9.64. The fourth-order valence-corrected chi connectivity index (χ4v) is 3.06. The minimum absolute atomic E-state index is 0.0146. The van der Waals surface area contributed by atoms with E-state index in [0.717, 1.165) is 12.0 Å². The van der Waals surface area contributed by atoms with Crippen LogP contribution in [0.4, 0.5) is 4.79 Å². The molecule has 0 aliphatic heterocycles. The maximum Gasteiger partial charge on any atom is 0.362 e. The average Bonchev–Trinajstić information content (AvgIpc) is 3.15. The van der Waals surface area contributed by atoms with E-state index >= 15 is 0 Å². The zero-order valence-electron chi connectivity index (χ0n) is 17.1. The van der Waals surface area contributed by atoms with Gasteiger partial charge in [-0.05, 0) is 24.3 Å². The number of benzene rings is 2. The third-order valence-electron chi connectivity index (χ3n) is 4.46. The van der Waals surface area contributed by atoms with Gasteiger partial charge in [-0.15, -0.1) is 5.10 Å². The summed E-state index contributed by atoms with van der Waals surface area (Å²) in [6.45, 7) is 9.70. The number of hydrogen-bond donors (Lipinski definition) is 0. The van der Waals surface area contributed by atoms with Gasteiger partial charge in [0, 0.05) is 18.7 Å². The van der Waals surface area contributed by atoms with Crippen LogP contribution in [0.2, 0.25) is 0 Å². The first kappa shape index (κ1) is 19.8. The number of nitrogens with zero attached hydrogens (tertiary/aromatic N) is 4. The van der Waals surface area contributed by atoms with Crippen molar-refractivity contribution in [3.05, 3.63) is 71.9 Å². The van der Waals surface area contributed by atoms with Crippen LogP contribution in [0.25, 0.3) is 11.3 Å². The molecule has 5 heteroatoms. The number of carbonyl (C=O) groups excluding carboxylic acids is 1. The van der Waals surface area contributed by atoms with Crippen LogP contribution in [-0.2, 0) is 6.42 Å². The molecule has 0 unspecified atom stereocenters. The van der Waals surface area contributed by atoms with Gasteiger partial charge in [-0.2, -0.15) is 5.10 Å². The molecule has 0 saturated carbocycles. The van der Waals surface area contributed by atoms with Crippen LogP contribution in [0.5, 0.6) is 0 Å². The summed E-state index contributed by atoms with van der Waals surface area (Å²) in [5.41, 5.74) is 4.04. The van der Waals surface area contributed by atoms with E-state index in [1.54, 1.807) is 6.20 Å². The molecule has 0 fully saturated rings. The van der Waals surface area contributed by atoms with Crippen LogP contribution >= 0.6 is 0 Å². The molecule has 146 valence electrons. The molecule has 0 aliphatic rings. The lowest BCUT2D eigenvalue weighted by atomic mass is 9.96. The summed E-state index contributed by atoms with van der Waals surface area (Å²) < 4.78 is 0. The van der Waals surface area contributed by atoms with Crippen molar-refractivity contribution in [2.45, 2.75) is 34.1 Å². The molecule has 28 heavy (non-hydrogen) atoms. The van der Waals surface area contributed by atoms with Crippen molar-refractivity contribution in [1.82, 2.24) is 19.9 Å². The van der Waals surface area contributed by atoms with E-state index in [-0.39, 0.29) is 11.4 Å². The topological polar surface area (TPSA) is 51.0 Å². The van der Waals surface area contributed by atoms with Crippen LogP contribution in [0.15, 0.2) is 60.8 Å². The number of hydrogen-bond acceptors (Lipinski definition) is 3. The molecule has 3 aromatic rings. The maximum atomic E-state index is 13.1. The van der Waals surface area contributed by atoms with Crippen LogP contribution < -0.4 is 0 Å². The van der Waals surface area contributed by atoms with Gasteiger partial charge >= 0.3 is 6.03 Å². The smallest absolute Gasteiger partial charge is 0.321 e. The fourth-order valence-electron chi connectivity index (χ4n) is 3.06. The Labute approximate surface area is 167 Å². The van der Waals surface area contributed by atoms with E-state index in [1.807, 2.05) is 54.3 Å². The van der Waals surface area contributed by atoms with Crippen molar-refractivity contribution in [2.75, 3.05) is 13.1 Å². The van der Waals surface area contributed by atoms with Crippen molar-refractivity contribution in [3.8, 4) is 11.3 Å². The quantitative estimate of drug-likeness (QED) is 0.642. The van der Waals surface area contributed by atoms with Gasteiger partial charge in [0.15, 0.2) is 0 Å². The van der Waals surface area contributed by atoms with Gasteiger partial charge < -0.3 is 4.90 Å². The van der Waals surface area contributed by atoms with E-state index in [4.69, 9.17) is 0 Å². The standard InChI is InChI=1S/C23H28N4O/c1-18-10-12-20(13-11-18)21-16-24-27(25-21)22(28)26(17-23(2,3)4)15-14-19-8-6-5-7-9-19/h5-13,16H,14-15,17H2,1-4H3. The summed E-state index contributed by atoms with van der Waals surface area (Å²) in [5, 5.41) is 8.67. The van der Waals surface area contributed by atoms with Gasteiger partial charge in [0.1, 0.15) is 5.69 Å². The lowest BCUT2D eigenvalue weighted by molar-refractivity contribution is 0.169. The largest absolute Gasteiger partial charge is 0.362 e. The lowest BCUT2D eigenvalue weighted by Crippen LogP contribution is -2.42. The zero-order valence-corrected chi connectivity index (χ0v) is 17.1. The van der Waals surface area contributed by atoms with Gasteiger partial charge in [0.2, 0.25) is 0 Å². The van der Waals surface area contributed by atoms with E-state index in [2.05, 4.69) is 43.1 Å². The molecule has 1 amide bonds. The molecule has 0 aliphatic carbocycles. The monoisotopic (exact) mass is 376 g/mol. The fraction of sp³-hybridized carbons (Fsp3) is 0.348. The van der Waals surface area contributed by atoms with Crippen LogP contribution in [0.1, 0.15) is 31.9 Å². The predicted molar refractivity (Wildman–Crippen MR) is 112 cm³/mol. The number of amides is 1. The van der Waals surface area contributed by atoms with E-state index in [1.165, 1.54) is 15.9 Å². The Morgan fingerprint density at radius 3 is 2.36 bits per heavy atom. The highest BCUT2D eigenvalue weighted by molar-refractivity contribution is 5.75. The van der Waals surface area contributed by atoms with E-state index < -0.39 is 0 Å². The number of aryl methyl sites for hydroxylation is 1. The molecule has 0 bridgehead atoms. The highest BCUT2D eigenvalue weighted by Gasteiger charge is 2.23. The summed E-state index contributed by atoms with van der Waals surface area (Å²) >= 11 is 0. The first-order chi connectivity index (χ1) is 13.3. The molecule has 5 nitrogen and oxygen atoms in total. The molecule has 0 N–H and O–H groups in total. The molecule has 3 rings (SSSR count). The third-order valence-corrected chi connectivity index (χ3v) is 4.46. The number of rotatable bonds is 5. The van der Waals surface area contributed by atoms with Crippen LogP contribution in [-0.4, -0.2) is 39.0 Å². The van der Waals surface area contributed by atoms with Crippen molar-refractivity contribution >= 4 is 6.03 Å². The maximum absolute atomic E-state index is 13.1. The van der Waals surface area contributed by atoms with Crippen molar-refractivity contribution in [3.63, 3.8) is 0 Å². The summed E-state index contributed by atoms with van der Waals surface area (Å²) in [7, 11) is 0. The van der Waals surface area contributed by atoms with Crippen LogP contribution in [0, 0.1) is 12.3 Å². The molecular formula is C23H28N4O. The molecular weight excluding hydrogens is 348 g/mol. The second-order valence-electron chi connectivity index (χ2n) is 8.39. The molecule has 0 saturated heterocycles. The lowest BCUT2D eigenvalue weighted by Gasteiger charge is -2.29. The van der Waals surface area contributed by atoms with Crippen molar-refractivity contribution < 1.29 is 4.79 Å². The SMILES string of the molecule is Cc1ccc(-c2cnn(C(=O)N(CCc3ccccc3)CC(C)(C)C)n2)cc1. The van der Waals surface area contributed by atoms with E-state index in [0.29, 0.717) is 18.8 Å². The minimum Gasteiger partial charge on any atom is -0.321 e. The molecule has 0 radical (unpaired) electrons. The first-order valence-electron chi connectivity index (χ1n) is 9.64. The van der Waals surface area contributed by atoms with Crippen LogP contribution in [0.3, 0.4) is 0 Å². The Morgan fingerprint density at radius 2 is 1.71 bits per heavy atom. The molecule has 0 atom stereocenters. The average molecular weight is 377 g/mol. The highest BCUT2D eigenvalue weighted by Crippen LogP contribution is 2.19. The number of aromatic nitrogens is 3. The Kier molecular flexibility index (Phi) is 5.93. The van der Waals surface area contributed by atoms with E-state index in [9.17, 15) is 4.79 Å². The number of carbonyl (C=O) groups is 1. The van der Waals surface area contributed by atoms with Crippen molar-refractivity contribution in [2.24, 2.45) is 5.41 Å². The summed E-state index contributed by atoms with van der Waals surface area (Å²) in [4.78, 5) is 16.2. The molecule has 2 aromatic carbocycles. The Bertz CT molecular complexity index is 908. The Morgan fingerprint density at radius 1 is 1.04 bits per heavy atom. The van der Waals surface area contributed by atoms with Gasteiger partial charge in [0.25, 0.3) is 0 Å². The van der Waals surface area contributed by atoms with Gasteiger partial charge in [-0.3, -0.25) is 0 Å². The third kappa shape index (κ3) is 5.28. The Balaban J connectivity index is 1.77. The molecule has 1 heterocycles. The Hall–Kier alpha value is -2.95. The second kappa shape index (κ2) is 8.38. The minimum atomic E-state index is -0.191. The van der Waals surface area contributed by atoms with Gasteiger partial charge in [-0.1, -0.05) is 85.7 Å². The summed E-state index contributed by atoms with van der Waals surface area (Å²) in [5.74, 6) is 0. The molecule has 1 aromatic heterocycles. The van der Waals surface area contributed by atoms with Gasteiger partial charge in [-0.25, -0.2) is 4.79 Å². The summed E-state index contributed by atoms with van der Waals surface area (Å²) in [6, 6.07) is 18.1. The highest BCUT2D eigenvalue weighted by atomic mass is 16.2.